The van der Waals surface area contributed by atoms with Gasteiger partial charge in [-0.2, -0.15) is 0 Å². The van der Waals surface area contributed by atoms with Gasteiger partial charge in [-0.3, -0.25) is 9.89 Å². The van der Waals surface area contributed by atoms with Crippen molar-refractivity contribution in [3.63, 3.8) is 0 Å². The van der Waals surface area contributed by atoms with E-state index in [2.05, 4.69) is 65.6 Å². The van der Waals surface area contributed by atoms with E-state index >= 15 is 0 Å². The van der Waals surface area contributed by atoms with Crippen molar-refractivity contribution in [2.45, 2.75) is 18.2 Å². The third-order valence-electron chi connectivity index (χ3n) is 5.59. The molecule has 4 nitrogen and oxygen atoms in total. The number of hydrogen-bond donors (Lipinski definition) is 0. The molecule has 0 aromatic heterocycles. The minimum absolute atomic E-state index is 0.0229. The normalized spacial score (nSPS) is 25.0. The van der Waals surface area contributed by atoms with E-state index in [0.29, 0.717) is 12.1 Å². The molecule has 140 valence electrons. The van der Waals surface area contributed by atoms with Gasteiger partial charge in [-0.05, 0) is 28.8 Å². The second-order valence-electron chi connectivity index (χ2n) is 7.12. The molecule has 0 saturated carbocycles. The number of aliphatic imine (C=N–C) groups is 1. The molecule has 0 radical (unpaired) electrons. The molecule has 2 heterocycles. The third-order valence-corrected chi connectivity index (χ3v) is 5.59. The highest BCUT2D eigenvalue weighted by atomic mass is 16.5. The second-order valence-corrected chi connectivity index (χ2v) is 7.12. The Kier molecular flexibility index (Phi) is 4.14. The maximum atomic E-state index is 5.52. The minimum Gasteiger partial charge on any atom is -0.493 e. The van der Waals surface area contributed by atoms with Crippen molar-refractivity contribution in [1.29, 1.82) is 0 Å². The van der Waals surface area contributed by atoms with Gasteiger partial charge < -0.3 is 9.47 Å². The molecule has 1 fully saturated rings. The average Bonchev–Trinajstić information content (AvgIpc) is 3.38. The van der Waals surface area contributed by atoms with Crippen LogP contribution in [0.4, 0.5) is 0 Å². The van der Waals surface area contributed by atoms with Gasteiger partial charge in [0.05, 0.1) is 32.0 Å². The first-order valence-corrected chi connectivity index (χ1v) is 9.49. The van der Waals surface area contributed by atoms with Gasteiger partial charge >= 0.3 is 0 Å². The van der Waals surface area contributed by atoms with Gasteiger partial charge in [0.15, 0.2) is 11.5 Å². The maximum absolute atomic E-state index is 5.52. The topological polar surface area (TPSA) is 33.8 Å². The average molecular weight is 370 g/mol. The Morgan fingerprint density at radius 1 is 0.714 bits per heavy atom. The van der Waals surface area contributed by atoms with Gasteiger partial charge in [0.2, 0.25) is 0 Å². The highest BCUT2D eigenvalue weighted by Gasteiger charge is 2.59. The van der Waals surface area contributed by atoms with Crippen molar-refractivity contribution in [1.82, 2.24) is 4.90 Å². The number of ether oxygens (including phenoxy) is 2. The highest BCUT2D eigenvalue weighted by Crippen LogP contribution is 2.56. The first-order valence-electron chi connectivity index (χ1n) is 9.49. The molecule has 2 aliphatic rings. The number of rotatable bonds is 5. The fraction of sp³-hybridized carbons (Fsp3) is 0.208. The van der Waals surface area contributed by atoms with Crippen LogP contribution in [-0.2, 0) is 0 Å². The fourth-order valence-electron chi connectivity index (χ4n) is 4.24. The highest BCUT2D eigenvalue weighted by molar-refractivity contribution is 6.08. The van der Waals surface area contributed by atoms with Gasteiger partial charge in [-0.25, -0.2) is 0 Å². The van der Waals surface area contributed by atoms with E-state index in [1.807, 2.05) is 18.2 Å². The van der Waals surface area contributed by atoms with Crippen LogP contribution in [0, 0.1) is 0 Å². The molecule has 3 aromatic carbocycles. The van der Waals surface area contributed by atoms with Crippen LogP contribution in [-0.4, -0.2) is 30.9 Å². The van der Waals surface area contributed by atoms with Crippen molar-refractivity contribution in [2.24, 2.45) is 4.99 Å². The van der Waals surface area contributed by atoms with Crippen LogP contribution in [0.1, 0.15) is 28.9 Å². The summed E-state index contributed by atoms with van der Waals surface area (Å²) < 4.78 is 10.9. The summed E-state index contributed by atoms with van der Waals surface area (Å²) in [6.45, 7) is 0. The maximum Gasteiger partial charge on any atom is 0.161 e. The number of hydrogen-bond acceptors (Lipinski definition) is 4. The van der Waals surface area contributed by atoms with Crippen LogP contribution in [0.15, 0.2) is 83.9 Å². The molecule has 28 heavy (non-hydrogen) atoms. The van der Waals surface area contributed by atoms with Gasteiger partial charge in [-0.15, -0.1) is 0 Å². The summed E-state index contributed by atoms with van der Waals surface area (Å²) in [6.07, 6.45) is -0.0229. The number of methoxy groups -OCH3 is 2. The minimum atomic E-state index is -0.0229. The smallest absolute Gasteiger partial charge is 0.161 e. The van der Waals surface area contributed by atoms with E-state index < -0.39 is 0 Å². The van der Waals surface area contributed by atoms with Gasteiger partial charge in [0.1, 0.15) is 6.17 Å². The van der Waals surface area contributed by atoms with Crippen molar-refractivity contribution < 1.29 is 9.47 Å². The van der Waals surface area contributed by atoms with Crippen molar-refractivity contribution in [3.8, 4) is 11.5 Å². The standard InChI is InChI=1S/C24H22N2O2/c1-27-19-14-13-18(15-20(19)28-2)24-25-21(16-9-5-3-6-10-16)23-22(26(23)24)17-11-7-4-8-12-17/h3-15,22-24H,1-2H3/t22-,23-,24-,26?/m1/s1. The van der Waals surface area contributed by atoms with Crippen LogP contribution in [0.2, 0.25) is 0 Å². The molecule has 0 N–H and O–H groups in total. The quantitative estimate of drug-likeness (QED) is 0.614. The molecule has 0 bridgehead atoms. The summed E-state index contributed by atoms with van der Waals surface area (Å²) >= 11 is 0. The molecule has 3 aromatic rings. The molecule has 0 amide bonds. The lowest BCUT2D eigenvalue weighted by Gasteiger charge is -2.16. The van der Waals surface area contributed by atoms with E-state index in [4.69, 9.17) is 14.5 Å². The largest absolute Gasteiger partial charge is 0.493 e. The molecule has 1 saturated heterocycles. The first kappa shape index (κ1) is 17.0. The zero-order valence-corrected chi connectivity index (χ0v) is 15.9. The van der Waals surface area contributed by atoms with Gasteiger partial charge in [-0.1, -0.05) is 66.7 Å². The van der Waals surface area contributed by atoms with E-state index in [9.17, 15) is 0 Å². The van der Waals surface area contributed by atoms with Crippen molar-refractivity contribution >= 4 is 5.71 Å². The van der Waals surface area contributed by atoms with Crippen LogP contribution in [0.5, 0.6) is 11.5 Å². The van der Waals surface area contributed by atoms with Crippen molar-refractivity contribution in [3.05, 3.63) is 95.6 Å². The lowest BCUT2D eigenvalue weighted by atomic mass is 10.0. The van der Waals surface area contributed by atoms with Crippen molar-refractivity contribution in [2.75, 3.05) is 14.2 Å². The molecule has 1 unspecified atom stereocenters. The fourth-order valence-corrected chi connectivity index (χ4v) is 4.24. The van der Waals surface area contributed by atoms with Gasteiger partial charge in [0.25, 0.3) is 0 Å². The van der Waals surface area contributed by atoms with E-state index in [0.717, 1.165) is 22.8 Å². The van der Waals surface area contributed by atoms with E-state index in [-0.39, 0.29) is 6.17 Å². The predicted octanol–water partition coefficient (Wildman–Crippen LogP) is 4.63. The monoisotopic (exact) mass is 370 g/mol. The Bertz CT molecular complexity index is 1020. The molecule has 4 heteroatoms. The Hall–Kier alpha value is -3.11. The lowest BCUT2D eigenvalue weighted by molar-refractivity contribution is 0.351. The molecule has 4 atom stereocenters. The summed E-state index contributed by atoms with van der Waals surface area (Å²) in [6, 6.07) is 27.9. The molecule has 5 rings (SSSR count). The van der Waals surface area contributed by atoms with Crippen LogP contribution in [0.25, 0.3) is 0 Å². The number of fused-ring (bicyclic) bond motifs is 1. The Labute approximate surface area is 165 Å². The van der Waals surface area contributed by atoms with Crippen LogP contribution in [0.3, 0.4) is 0 Å². The molecule has 0 aliphatic carbocycles. The summed E-state index contributed by atoms with van der Waals surface area (Å²) in [7, 11) is 3.33. The number of nitrogens with zero attached hydrogens (tertiary/aromatic N) is 2. The van der Waals surface area contributed by atoms with Crippen LogP contribution >= 0.6 is 0 Å². The Morgan fingerprint density at radius 2 is 1.39 bits per heavy atom. The number of benzene rings is 3. The van der Waals surface area contributed by atoms with Crippen LogP contribution < -0.4 is 9.47 Å². The summed E-state index contributed by atoms with van der Waals surface area (Å²) in [5.41, 5.74) is 4.81. The SMILES string of the molecule is COc1ccc([C@@H]2N=C(c3ccccc3)[C@@H]3[C@@H](c4ccccc4)N32)cc1OC. The molecule has 0 spiro atoms. The molecular formula is C24H22N2O2. The zero-order valence-electron chi connectivity index (χ0n) is 15.9. The zero-order chi connectivity index (χ0) is 19.1. The Balaban J connectivity index is 1.57. The van der Waals surface area contributed by atoms with E-state index in [1.165, 1.54) is 11.1 Å². The van der Waals surface area contributed by atoms with Gasteiger partial charge in [0, 0.05) is 0 Å². The summed E-state index contributed by atoms with van der Waals surface area (Å²) in [4.78, 5) is 7.58. The predicted molar refractivity (Wildman–Crippen MR) is 110 cm³/mol. The summed E-state index contributed by atoms with van der Waals surface area (Å²) in [5.74, 6) is 1.47. The molecular weight excluding hydrogens is 348 g/mol. The Morgan fingerprint density at radius 3 is 2.07 bits per heavy atom. The molecule has 2 aliphatic heterocycles. The second kappa shape index (κ2) is 6.80. The third kappa shape index (κ3) is 2.69. The lowest BCUT2D eigenvalue weighted by Crippen LogP contribution is -2.08. The first-order chi connectivity index (χ1) is 13.8. The summed E-state index contributed by atoms with van der Waals surface area (Å²) in [5, 5.41) is 0. The van der Waals surface area contributed by atoms with E-state index in [1.54, 1.807) is 14.2 Å².